The molecule has 118 valence electrons. The lowest BCUT2D eigenvalue weighted by molar-refractivity contribution is 0.437. The van der Waals surface area contributed by atoms with Crippen molar-refractivity contribution in [2.45, 2.75) is 31.2 Å². The Morgan fingerprint density at radius 3 is 2.48 bits per heavy atom. The number of benzene rings is 2. The molecular formula is C19H20IN3. The van der Waals surface area contributed by atoms with E-state index in [1.165, 1.54) is 30.4 Å². The number of rotatable bonds is 6. The average molecular weight is 417 g/mol. The van der Waals surface area contributed by atoms with Crippen molar-refractivity contribution in [1.29, 1.82) is 5.26 Å². The van der Waals surface area contributed by atoms with Crippen LogP contribution in [0.3, 0.4) is 0 Å². The molecule has 0 aromatic heterocycles. The highest BCUT2D eigenvalue weighted by Crippen LogP contribution is 2.42. The lowest BCUT2D eigenvalue weighted by atomic mass is 9.79. The van der Waals surface area contributed by atoms with E-state index >= 15 is 0 Å². The number of nitrogens with two attached hydrogens (primary N) is 1. The van der Waals surface area contributed by atoms with E-state index in [1.54, 1.807) is 0 Å². The van der Waals surface area contributed by atoms with Crippen LogP contribution in [0.2, 0.25) is 0 Å². The zero-order valence-corrected chi connectivity index (χ0v) is 15.1. The molecule has 1 fully saturated rings. The van der Waals surface area contributed by atoms with Crippen molar-refractivity contribution in [3.8, 4) is 6.07 Å². The SMILES string of the molecule is N#Cc1ccc(C(CCC2CC2)(NI)c2cccc(N)c2)cc1. The van der Waals surface area contributed by atoms with E-state index in [9.17, 15) is 0 Å². The second kappa shape index (κ2) is 6.90. The van der Waals surface area contributed by atoms with E-state index in [0.29, 0.717) is 5.56 Å². The summed E-state index contributed by atoms with van der Waals surface area (Å²) in [6.07, 6.45) is 4.92. The van der Waals surface area contributed by atoms with Gasteiger partial charge in [0.2, 0.25) is 0 Å². The third-order valence-electron chi connectivity index (χ3n) is 4.67. The summed E-state index contributed by atoms with van der Waals surface area (Å²) < 4.78 is 3.53. The number of anilines is 1. The van der Waals surface area contributed by atoms with Crippen LogP contribution in [0.15, 0.2) is 48.5 Å². The van der Waals surface area contributed by atoms with Gasteiger partial charge < -0.3 is 5.73 Å². The predicted octanol–water partition coefficient (Wildman–Crippen LogP) is 4.51. The van der Waals surface area contributed by atoms with Gasteiger partial charge in [-0.05, 0) is 54.2 Å². The molecule has 0 spiro atoms. The molecule has 0 radical (unpaired) electrons. The largest absolute Gasteiger partial charge is 0.399 e. The Morgan fingerprint density at radius 1 is 1.17 bits per heavy atom. The van der Waals surface area contributed by atoms with Crippen molar-refractivity contribution in [2.75, 3.05) is 5.73 Å². The Labute approximate surface area is 151 Å². The van der Waals surface area contributed by atoms with E-state index in [4.69, 9.17) is 11.0 Å². The van der Waals surface area contributed by atoms with Crippen LogP contribution in [0.1, 0.15) is 42.4 Å². The Morgan fingerprint density at radius 2 is 1.91 bits per heavy atom. The van der Waals surface area contributed by atoms with E-state index in [2.05, 4.69) is 56.7 Å². The van der Waals surface area contributed by atoms with Crippen LogP contribution in [0, 0.1) is 17.2 Å². The number of halogens is 1. The van der Waals surface area contributed by atoms with E-state index in [0.717, 1.165) is 18.0 Å². The molecule has 0 bridgehead atoms. The van der Waals surface area contributed by atoms with Gasteiger partial charge in [0.05, 0.1) is 17.2 Å². The summed E-state index contributed by atoms with van der Waals surface area (Å²) in [5.41, 5.74) is 9.58. The fourth-order valence-electron chi connectivity index (χ4n) is 3.07. The summed E-state index contributed by atoms with van der Waals surface area (Å²) >= 11 is 2.25. The van der Waals surface area contributed by atoms with Crippen molar-refractivity contribution in [3.05, 3.63) is 65.2 Å². The molecule has 1 saturated carbocycles. The number of nitriles is 1. The van der Waals surface area contributed by atoms with Crippen LogP contribution in [0.25, 0.3) is 0 Å². The van der Waals surface area contributed by atoms with Gasteiger partial charge in [0.25, 0.3) is 0 Å². The van der Waals surface area contributed by atoms with Gasteiger partial charge in [-0.1, -0.05) is 37.1 Å². The minimum atomic E-state index is -0.271. The number of nitrogens with one attached hydrogen (secondary N) is 1. The maximum absolute atomic E-state index is 9.04. The van der Waals surface area contributed by atoms with E-state index < -0.39 is 0 Å². The van der Waals surface area contributed by atoms with Crippen LogP contribution in [0.5, 0.6) is 0 Å². The van der Waals surface area contributed by atoms with E-state index in [1.807, 2.05) is 24.3 Å². The van der Waals surface area contributed by atoms with Gasteiger partial charge in [-0.3, -0.25) is 0 Å². The van der Waals surface area contributed by atoms with Gasteiger partial charge in [0.15, 0.2) is 0 Å². The molecule has 2 aromatic carbocycles. The molecule has 0 heterocycles. The summed E-state index contributed by atoms with van der Waals surface area (Å²) in [4.78, 5) is 0. The van der Waals surface area contributed by atoms with Gasteiger partial charge >= 0.3 is 0 Å². The van der Waals surface area contributed by atoms with Crippen LogP contribution in [0.4, 0.5) is 5.69 Å². The fraction of sp³-hybridized carbons (Fsp3) is 0.316. The molecule has 3 rings (SSSR count). The van der Waals surface area contributed by atoms with Crippen LogP contribution >= 0.6 is 22.9 Å². The summed E-state index contributed by atoms with van der Waals surface area (Å²) in [5, 5.41) is 9.04. The first-order chi connectivity index (χ1) is 11.2. The fourth-order valence-corrected chi connectivity index (χ4v) is 3.96. The summed E-state index contributed by atoms with van der Waals surface area (Å²) in [7, 11) is 0. The zero-order chi connectivity index (χ0) is 16.3. The number of hydrogen-bond donors (Lipinski definition) is 2. The van der Waals surface area contributed by atoms with Gasteiger partial charge in [0.1, 0.15) is 0 Å². The molecule has 3 N–H and O–H groups in total. The van der Waals surface area contributed by atoms with Gasteiger partial charge in [-0.2, -0.15) is 5.26 Å². The molecule has 1 unspecified atom stereocenters. The average Bonchev–Trinajstić information content (AvgIpc) is 3.41. The highest BCUT2D eigenvalue weighted by molar-refractivity contribution is 14.1. The minimum absolute atomic E-state index is 0.271. The molecule has 2 aromatic rings. The lowest BCUT2D eigenvalue weighted by Crippen LogP contribution is -2.38. The van der Waals surface area contributed by atoms with E-state index in [-0.39, 0.29) is 5.54 Å². The minimum Gasteiger partial charge on any atom is -0.399 e. The predicted molar refractivity (Wildman–Crippen MR) is 102 cm³/mol. The molecule has 1 aliphatic carbocycles. The quantitative estimate of drug-likeness (QED) is 0.413. The number of nitrogens with zero attached hydrogens (tertiary/aromatic N) is 1. The highest BCUT2D eigenvalue weighted by atomic mass is 127. The second-order valence-corrected chi connectivity index (χ2v) is 6.84. The Bertz CT molecular complexity index is 716. The standard InChI is InChI=1S/C19H20IN3/c20-23-19(11-10-14-4-5-14,17-2-1-3-18(22)12-17)16-8-6-15(13-21)7-9-16/h1-3,6-9,12,14,23H,4-5,10-11,22H2. The van der Waals surface area contributed by atoms with Gasteiger partial charge in [0, 0.05) is 28.6 Å². The summed E-state index contributed by atoms with van der Waals surface area (Å²) in [5.74, 6) is 0.860. The first-order valence-corrected chi connectivity index (χ1v) is 9.00. The van der Waals surface area contributed by atoms with Crippen LogP contribution in [-0.4, -0.2) is 0 Å². The molecule has 0 aliphatic heterocycles. The van der Waals surface area contributed by atoms with Gasteiger partial charge in [-0.25, -0.2) is 3.53 Å². The number of nitrogen functional groups attached to an aromatic ring is 1. The van der Waals surface area contributed by atoms with Gasteiger partial charge in [-0.15, -0.1) is 0 Å². The number of hydrogen-bond acceptors (Lipinski definition) is 3. The molecule has 0 saturated heterocycles. The Balaban J connectivity index is 2.04. The third kappa shape index (κ3) is 3.51. The molecule has 0 amide bonds. The van der Waals surface area contributed by atoms with Crippen molar-refractivity contribution < 1.29 is 0 Å². The lowest BCUT2D eigenvalue weighted by Gasteiger charge is -2.34. The molecule has 23 heavy (non-hydrogen) atoms. The summed E-state index contributed by atoms with van der Waals surface area (Å²) in [6, 6.07) is 18.2. The van der Waals surface area contributed by atoms with Crippen molar-refractivity contribution in [2.24, 2.45) is 5.92 Å². The van der Waals surface area contributed by atoms with Crippen molar-refractivity contribution in [3.63, 3.8) is 0 Å². The Hall–Kier alpha value is -1.58. The normalized spacial score (nSPS) is 16.5. The topological polar surface area (TPSA) is 61.8 Å². The highest BCUT2D eigenvalue weighted by Gasteiger charge is 2.35. The molecular weight excluding hydrogens is 397 g/mol. The molecule has 1 atom stereocenters. The van der Waals surface area contributed by atoms with Crippen molar-refractivity contribution >= 4 is 28.6 Å². The van der Waals surface area contributed by atoms with Crippen molar-refractivity contribution in [1.82, 2.24) is 3.53 Å². The molecule has 1 aliphatic rings. The zero-order valence-electron chi connectivity index (χ0n) is 12.9. The Kier molecular flexibility index (Phi) is 4.88. The smallest absolute Gasteiger partial charge is 0.0991 e. The molecule has 3 nitrogen and oxygen atoms in total. The van der Waals surface area contributed by atoms with Crippen LogP contribution in [-0.2, 0) is 5.54 Å². The third-order valence-corrected chi connectivity index (χ3v) is 5.59. The maximum atomic E-state index is 9.04. The second-order valence-electron chi connectivity index (χ2n) is 6.30. The first kappa shape index (κ1) is 16.3. The summed E-state index contributed by atoms with van der Waals surface area (Å²) in [6.45, 7) is 0. The first-order valence-electron chi connectivity index (χ1n) is 7.92. The maximum Gasteiger partial charge on any atom is 0.0991 e. The molecule has 4 heteroatoms. The van der Waals surface area contributed by atoms with Crippen LogP contribution < -0.4 is 9.26 Å². The monoisotopic (exact) mass is 417 g/mol.